The number of aliphatic carboxylic acids is 1. The molecule has 1 fully saturated rings. The zero-order chi connectivity index (χ0) is 12.0. The second kappa shape index (κ2) is 5.81. The second-order valence-electron chi connectivity index (χ2n) is 3.83. The number of amides is 1. The number of carbonyl (C=O) groups excluding carboxylic acids is 1. The van der Waals surface area contributed by atoms with E-state index in [2.05, 4.69) is 5.32 Å². The molecular formula is C10H17NO5. The number of methoxy groups -OCH3 is 1. The fraction of sp³-hybridized carbons (Fsp3) is 0.800. The molecule has 1 rings (SSSR count). The Morgan fingerprint density at radius 3 is 2.81 bits per heavy atom. The molecule has 1 aliphatic heterocycles. The van der Waals surface area contributed by atoms with Crippen LogP contribution < -0.4 is 5.32 Å². The molecule has 0 aromatic heterocycles. The van der Waals surface area contributed by atoms with Gasteiger partial charge in [-0.2, -0.15) is 0 Å². The van der Waals surface area contributed by atoms with Crippen LogP contribution in [0.4, 0.5) is 0 Å². The monoisotopic (exact) mass is 231 g/mol. The highest BCUT2D eigenvalue weighted by atomic mass is 16.5. The Bertz CT molecular complexity index is 260. The van der Waals surface area contributed by atoms with Gasteiger partial charge in [0, 0.05) is 33.2 Å². The lowest BCUT2D eigenvalue weighted by molar-refractivity contribution is -0.147. The standard InChI is InChI=1S/C10H17NO5/c1-15-5-2-3-8(12)11-10(9(13)14)4-6-16-7-10/h2-7H2,1H3,(H,11,12)(H,13,14). The molecule has 0 aromatic rings. The summed E-state index contributed by atoms with van der Waals surface area (Å²) in [6, 6.07) is 0. The summed E-state index contributed by atoms with van der Waals surface area (Å²) in [5.41, 5.74) is -1.23. The van der Waals surface area contributed by atoms with Crippen molar-refractivity contribution in [3.05, 3.63) is 0 Å². The number of rotatable bonds is 6. The van der Waals surface area contributed by atoms with Crippen LogP contribution >= 0.6 is 0 Å². The zero-order valence-corrected chi connectivity index (χ0v) is 9.32. The van der Waals surface area contributed by atoms with Crippen molar-refractivity contribution in [2.24, 2.45) is 0 Å². The Labute approximate surface area is 93.9 Å². The molecule has 0 aliphatic carbocycles. The van der Waals surface area contributed by atoms with Crippen molar-refractivity contribution in [2.75, 3.05) is 26.9 Å². The van der Waals surface area contributed by atoms with Crippen LogP contribution in [-0.2, 0) is 19.1 Å². The molecule has 92 valence electrons. The third kappa shape index (κ3) is 3.18. The number of nitrogens with one attached hydrogen (secondary N) is 1. The lowest BCUT2D eigenvalue weighted by Crippen LogP contribution is -2.55. The molecule has 0 radical (unpaired) electrons. The Balaban J connectivity index is 2.43. The van der Waals surface area contributed by atoms with E-state index in [1.165, 1.54) is 0 Å². The van der Waals surface area contributed by atoms with E-state index in [4.69, 9.17) is 14.6 Å². The number of carboxylic acid groups (broad SMARTS) is 1. The van der Waals surface area contributed by atoms with Crippen molar-refractivity contribution in [1.82, 2.24) is 5.32 Å². The summed E-state index contributed by atoms with van der Waals surface area (Å²) in [5.74, 6) is -1.31. The van der Waals surface area contributed by atoms with Crippen molar-refractivity contribution in [3.63, 3.8) is 0 Å². The lowest BCUT2D eigenvalue weighted by Gasteiger charge is -2.23. The van der Waals surface area contributed by atoms with Crippen molar-refractivity contribution in [2.45, 2.75) is 24.8 Å². The molecule has 1 amide bonds. The summed E-state index contributed by atoms with van der Waals surface area (Å²) in [6.07, 6.45) is 1.17. The van der Waals surface area contributed by atoms with E-state index < -0.39 is 11.5 Å². The largest absolute Gasteiger partial charge is 0.479 e. The highest BCUT2D eigenvalue weighted by molar-refractivity contribution is 5.87. The SMILES string of the molecule is COCCCC(=O)NC1(C(=O)O)CCOC1. The van der Waals surface area contributed by atoms with Crippen LogP contribution in [0.3, 0.4) is 0 Å². The highest BCUT2D eigenvalue weighted by Crippen LogP contribution is 2.19. The molecule has 0 saturated carbocycles. The number of hydrogen-bond donors (Lipinski definition) is 2. The van der Waals surface area contributed by atoms with E-state index >= 15 is 0 Å². The Morgan fingerprint density at radius 1 is 1.56 bits per heavy atom. The quantitative estimate of drug-likeness (QED) is 0.617. The van der Waals surface area contributed by atoms with Gasteiger partial charge in [-0.1, -0.05) is 0 Å². The number of ether oxygens (including phenoxy) is 2. The first-order valence-electron chi connectivity index (χ1n) is 5.22. The van der Waals surface area contributed by atoms with E-state index in [1.54, 1.807) is 7.11 Å². The number of hydrogen-bond acceptors (Lipinski definition) is 4. The van der Waals surface area contributed by atoms with Gasteiger partial charge in [-0.3, -0.25) is 4.79 Å². The maximum atomic E-state index is 11.5. The maximum absolute atomic E-state index is 11.5. The van der Waals surface area contributed by atoms with Crippen LogP contribution in [0.25, 0.3) is 0 Å². The van der Waals surface area contributed by atoms with Crippen LogP contribution in [0.15, 0.2) is 0 Å². The minimum Gasteiger partial charge on any atom is -0.479 e. The van der Waals surface area contributed by atoms with E-state index in [-0.39, 0.29) is 18.9 Å². The van der Waals surface area contributed by atoms with E-state index in [0.717, 1.165) is 0 Å². The maximum Gasteiger partial charge on any atom is 0.331 e. The van der Waals surface area contributed by atoms with Crippen LogP contribution in [0.2, 0.25) is 0 Å². The first kappa shape index (κ1) is 12.9. The first-order chi connectivity index (χ1) is 7.60. The van der Waals surface area contributed by atoms with Crippen molar-refractivity contribution in [1.29, 1.82) is 0 Å². The molecule has 1 saturated heterocycles. The topological polar surface area (TPSA) is 84.9 Å². The molecule has 6 heteroatoms. The molecule has 2 N–H and O–H groups in total. The molecular weight excluding hydrogens is 214 g/mol. The predicted molar refractivity (Wildman–Crippen MR) is 55.1 cm³/mol. The molecule has 1 aliphatic rings. The van der Waals surface area contributed by atoms with E-state index in [9.17, 15) is 9.59 Å². The van der Waals surface area contributed by atoms with Gasteiger partial charge in [0.15, 0.2) is 5.54 Å². The summed E-state index contributed by atoms with van der Waals surface area (Å²) in [7, 11) is 1.56. The third-order valence-corrected chi connectivity index (χ3v) is 2.56. The fourth-order valence-corrected chi connectivity index (χ4v) is 1.59. The van der Waals surface area contributed by atoms with Gasteiger partial charge in [0.1, 0.15) is 0 Å². The molecule has 0 aromatic carbocycles. The fourth-order valence-electron chi connectivity index (χ4n) is 1.59. The minimum absolute atomic E-state index is 0.0400. The van der Waals surface area contributed by atoms with Gasteiger partial charge in [0.25, 0.3) is 0 Å². The van der Waals surface area contributed by atoms with E-state index in [0.29, 0.717) is 26.1 Å². The van der Waals surface area contributed by atoms with Gasteiger partial charge in [-0.05, 0) is 6.42 Å². The van der Waals surface area contributed by atoms with Crippen molar-refractivity contribution >= 4 is 11.9 Å². The lowest BCUT2D eigenvalue weighted by atomic mass is 9.99. The smallest absolute Gasteiger partial charge is 0.331 e. The Hall–Kier alpha value is -1.14. The van der Waals surface area contributed by atoms with Crippen LogP contribution in [0.1, 0.15) is 19.3 Å². The summed E-state index contributed by atoms with van der Waals surface area (Å²) >= 11 is 0. The van der Waals surface area contributed by atoms with Crippen molar-refractivity contribution < 1.29 is 24.2 Å². The van der Waals surface area contributed by atoms with E-state index in [1.807, 2.05) is 0 Å². The van der Waals surface area contributed by atoms with Gasteiger partial charge in [0.2, 0.25) is 5.91 Å². The first-order valence-corrected chi connectivity index (χ1v) is 5.22. The summed E-state index contributed by atoms with van der Waals surface area (Å²) in [5, 5.41) is 11.6. The van der Waals surface area contributed by atoms with Crippen molar-refractivity contribution in [3.8, 4) is 0 Å². The molecule has 0 spiro atoms. The van der Waals surface area contributed by atoms with Gasteiger partial charge >= 0.3 is 5.97 Å². The average molecular weight is 231 g/mol. The Morgan fingerprint density at radius 2 is 2.31 bits per heavy atom. The van der Waals surface area contributed by atoms with Crippen LogP contribution in [-0.4, -0.2) is 49.5 Å². The van der Waals surface area contributed by atoms with Crippen LogP contribution in [0.5, 0.6) is 0 Å². The summed E-state index contributed by atoms with van der Waals surface area (Å²) in [4.78, 5) is 22.6. The molecule has 1 heterocycles. The van der Waals surface area contributed by atoms with Gasteiger partial charge < -0.3 is 19.9 Å². The summed E-state index contributed by atoms with van der Waals surface area (Å²) < 4.78 is 9.84. The van der Waals surface area contributed by atoms with Crippen LogP contribution in [0, 0.1) is 0 Å². The number of carbonyl (C=O) groups is 2. The molecule has 16 heavy (non-hydrogen) atoms. The highest BCUT2D eigenvalue weighted by Gasteiger charge is 2.43. The van der Waals surface area contributed by atoms with Gasteiger partial charge in [-0.15, -0.1) is 0 Å². The minimum atomic E-state index is -1.23. The molecule has 1 unspecified atom stereocenters. The van der Waals surface area contributed by atoms with Gasteiger partial charge in [0.05, 0.1) is 6.61 Å². The average Bonchev–Trinajstić information content (AvgIpc) is 2.68. The zero-order valence-electron chi connectivity index (χ0n) is 9.32. The second-order valence-corrected chi connectivity index (χ2v) is 3.83. The number of carboxylic acids is 1. The molecule has 1 atom stereocenters. The van der Waals surface area contributed by atoms with Gasteiger partial charge in [-0.25, -0.2) is 4.79 Å². The predicted octanol–water partition coefficient (Wildman–Crippen LogP) is -0.227. The normalized spacial score (nSPS) is 24.3. The third-order valence-electron chi connectivity index (χ3n) is 2.56. The molecule has 6 nitrogen and oxygen atoms in total. The Kier molecular flexibility index (Phi) is 4.70. The molecule has 0 bridgehead atoms. The summed E-state index contributed by atoms with van der Waals surface area (Å²) in [6.45, 7) is 0.896.